The van der Waals surface area contributed by atoms with Crippen molar-refractivity contribution >= 4 is 17.3 Å². The van der Waals surface area contributed by atoms with Gasteiger partial charge in [-0.15, -0.1) is 0 Å². The molecule has 0 aliphatic heterocycles. The van der Waals surface area contributed by atoms with Crippen LogP contribution < -0.4 is 11.1 Å². The van der Waals surface area contributed by atoms with Gasteiger partial charge in [-0.25, -0.2) is 0 Å². The molecule has 3 nitrogen and oxygen atoms in total. The minimum Gasteiger partial charge on any atom is -0.397 e. The maximum absolute atomic E-state index is 12.0. The van der Waals surface area contributed by atoms with Crippen molar-refractivity contribution in [2.24, 2.45) is 0 Å². The number of rotatable bonds is 2. The normalized spacial score (nSPS) is 9.94. The zero-order chi connectivity index (χ0) is 12.3. The predicted molar refractivity (Wildman–Crippen MR) is 70.0 cm³/mol. The number of carbonyl (C=O) groups excluding carboxylic acids is 1. The molecule has 0 radical (unpaired) electrons. The summed E-state index contributed by atoms with van der Waals surface area (Å²) in [6.07, 6.45) is 0. The van der Waals surface area contributed by atoms with E-state index in [1.165, 1.54) is 0 Å². The highest BCUT2D eigenvalue weighted by atomic mass is 16.1. The van der Waals surface area contributed by atoms with Crippen LogP contribution in [0, 0.1) is 6.92 Å². The lowest BCUT2D eigenvalue weighted by Crippen LogP contribution is -2.13. The molecule has 2 rings (SSSR count). The number of anilines is 2. The molecule has 86 valence electrons. The van der Waals surface area contributed by atoms with Gasteiger partial charge in [0.2, 0.25) is 0 Å². The van der Waals surface area contributed by atoms with Crippen LogP contribution in [0.25, 0.3) is 0 Å². The largest absolute Gasteiger partial charge is 0.397 e. The van der Waals surface area contributed by atoms with Crippen LogP contribution in [0.4, 0.5) is 11.4 Å². The number of hydrogen-bond donors (Lipinski definition) is 2. The van der Waals surface area contributed by atoms with E-state index in [4.69, 9.17) is 5.73 Å². The molecule has 0 aromatic heterocycles. The molecule has 2 aromatic carbocycles. The molecule has 1 amide bonds. The third-order valence-electron chi connectivity index (χ3n) is 2.49. The Bertz CT molecular complexity index is 549. The zero-order valence-electron chi connectivity index (χ0n) is 9.60. The van der Waals surface area contributed by atoms with Crippen LogP contribution in [-0.4, -0.2) is 5.91 Å². The van der Waals surface area contributed by atoms with E-state index < -0.39 is 0 Å². The van der Waals surface area contributed by atoms with Gasteiger partial charge in [-0.05, 0) is 31.2 Å². The summed E-state index contributed by atoms with van der Waals surface area (Å²) >= 11 is 0. The SMILES string of the molecule is Cc1cccc(C(=O)Nc2ccccc2N)c1. The van der Waals surface area contributed by atoms with Crippen molar-refractivity contribution in [3.05, 3.63) is 59.7 Å². The third-order valence-corrected chi connectivity index (χ3v) is 2.49. The maximum Gasteiger partial charge on any atom is 0.255 e. The molecule has 0 spiro atoms. The predicted octanol–water partition coefficient (Wildman–Crippen LogP) is 2.83. The van der Waals surface area contributed by atoms with E-state index in [9.17, 15) is 4.79 Å². The number of nitrogens with two attached hydrogens (primary N) is 1. The van der Waals surface area contributed by atoms with Crippen molar-refractivity contribution < 1.29 is 4.79 Å². The fourth-order valence-electron chi connectivity index (χ4n) is 1.59. The quantitative estimate of drug-likeness (QED) is 0.773. The van der Waals surface area contributed by atoms with Crippen LogP contribution in [0.1, 0.15) is 15.9 Å². The first-order valence-corrected chi connectivity index (χ1v) is 5.39. The number of amides is 1. The van der Waals surface area contributed by atoms with Crippen LogP contribution in [0.2, 0.25) is 0 Å². The minimum atomic E-state index is -0.147. The zero-order valence-corrected chi connectivity index (χ0v) is 9.60. The van der Waals surface area contributed by atoms with E-state index in [2.05, 4.69) is 5.32 Å². The van der Waals surface area contributed by atoms with Crippen LogP contribution in [0.15, 0.2) is 48.5 Å². The van der Waals surface area contributed by atoms with Gasteiger partial charge in [0.25, 0.3) is 5.91 Å². The van der Waals surface area contributed by atoms with Crippen LogP contribution in [-0.2, 0) is 0 Å². The van der Waals surface area contributed by atoms with E-state index in [0.717, 1.165) is 5.56 Å². The van der Waals surface area contributed by atoms with Crippen LogP contribution in [0.5, 0.6) is 0 Å². The fraction of sp³-hybridized carbons (Fsp3) is 0.0714. The first-order valence-electron chi connectivity index (χ1n) is 5.39. The molecule has 17 heavy (non-hydrogen) atoms. The molecule has 0 heterocycles. The highest BCUT2D eigenvalue weighted by Crippen LogP contribution is 2.17. The summed E-state index contributed by atoms with van der Waals surface area (Å²) in [6.45, 7) is 1.95. The molecule has 0 atom stereocenters. The van der Waals surface area contributed by atoms with E-state index in [1.54, 1.807) is 18.2 Å². The van der Waals surface area contributed by atoms with Crippen LogP contribution in [0.3, 0.4) is 0 Å². The molecule has 2 aromatic rings. The number of aryl methyl sites for hydroxylation is 1. The van der Waals surface area contributed by atoms with Gasteiger partial charge in [-0.1, -0.05) is 29.8 Å². The second-order valence-electron chi connectivity index (χ2n) is 3.91. The molecule has 0 aliphatic carbocycles. The molecule has 0 bridgehead atoms. The van der Waals surface area contributed by atoms with Gasteiger partial charge in [-0.2, -0.15) is 0 Å². The summed E-state index contributed by atoms with van der Waals surface area (Å²) in [5.41, 5.74) is 8.65. The molecule has 0 aliphatic rings. The molecule has 3 N–H and O–H groups in total. The van der Waals surface area contributed by atoms with Crippen molar-refractivity contribution in [3.8, 4) is 0 Å². The van der Waals surface area contributed by atoms with Gasteiger partial charge in [-0.3, -0.25) is 4.79 Å². The number of para-hydroxylation sites is 2. The summed E-state index contributed by atoms with van der Waals surface area (Å²) < 4.78 is 0. The summed E-state index contributed by atoms with van der Waals surface area (Å²) in [5, 5.41) is 2.79. The molecule has 0 fully saturated rings. The lowest BCUT2D eigenvalue weighted by atomic mass is 10.1. The highest BCUT2D eigenvalue weighted by Gasteiger charge is 2.07. The van der Waals surface area contributed by atoms with Crippen molar-refractivity contribution in [2.75, 3.05) is 11.1 Å². The molecule has 0 saturated carbocycles. The fourth-order valence-corrected chi connectivity index (χ4v) is 1.59. The van der Waals surface area contributed by atoms with Gasteiger partial charge < -0.3 is 11.1 Å². The molecule has 3 heteroatoms. The van der Waals surface area contributed by atoms with E-state index in [0.29, 0.717) is 16.9 Å². The Morgan fingerprint density at radius 2 is 1.88 bits per heavy atom. The van der Waals surface area contributed by atoms with Gasteiger partial charge >= 0.3 is 0 Å². The Morgan fingerprint density at radius 1 is 1.12 bits per heavy atom. The molecular formula is C14H14N2O. The lowest BCUT2D eigenvalue weighted by molar-refractivity contribution is 0.102. The average molecular weight is 226 g/mol. The van der Waals surface area contributed by atoms with Crippen LogP contribution >= 0.6 is 0 Å². The van der Waals surface area contributed by atoms with Crippen molar-refractivity contribution in [1.29, 1.82) is 0 Å². The number of nitrogen functional groups attached to an aromatic ring is 1. The first-order chi connectivity index (χ1) is 8.16. The Morgan fingerprint density at radius 3 is 2.59 bits per heavy atom. The highest BCUT2D eigenvalue weighted by molar-refractivity contribution is 6.05. The van der Waals surface area contributed by atoms with E-state index >= 15 is 0 Å². The molecule has 0 unspecified atom stereocenters. The number of benzene rings is 2. The van der Waals surface area contributed by atoms with Crippen molar-refractivity contribution in [2.45, 2.75) is 6.92 Å². The Labute approximate surface area is 100 Å². The molecular weight excluding hydrogens is 212 g/mol. The minimum absolute atomic E-state index is 0.147. The Hall–Kier alpha value is -2.29. The smallest absolute Gasteiger partial charge is 0.255 e. The second kappa shape index (κ2) is 4.70. The van der Waals surface area contributed by atoms with E-state index in [1.807, 2.05) is 37.3 Å². The van der Waals surface area contributed by atoms with Gasteiger partial charge in [0.05, 0.1) is 11.4 Å². The maximum atomic E-state index is 12.0. The summed E-state index contributed by atoms with van der Waals surface area (Å²) in [5.74, 6) is -0.147. The Balaban J connectivity index is 2.20. The number of carbonyl (C=O) groups is 1. The lowest BCUT2D eigenvalue weighted by Gasteiger charge is -2.08. The third kappa shape index (κ3) is 2.64. The number of nitrogens with one attached hydrogen (secondary N) is 1. The summed E-state index contributed by atoms with van der Waals surface area (Å²) in [6, 6.07) is 14.6. The topological polar surface area (TPSA) is 55.1 Å². The number of hydrogen-bond acceptors (Lipinski definition) is 2. The van der Waals surface area contributed by atoms with Gasteiger partial charge in [0.15, 0.2) is 0 Å². The van der Waals surface area contributed by atoms with Crippen molar-refractivity contribution in [1.82, 2.24) is 0 Å². The first kappa shape index (κ1) is 11.2. The van der Waals surface area contributed by atoms with Crippen molar-refractivity contribution in [3.63, 3.8) is 0 Å². The van der Waals surface area contributed by atoms with Gasteiger partial charge in [0.1, 0.15) is 0 Å². The molecule has 0 saturated heterocycles. The van der Waals surface area contributed by atoms with Gasteiger partial charge in [0, 0.05) is 5.56 Å². The second-order valence-corrected chi connectivity index (χ2v) is 3.91. The summed E-state index contributed by atoms with van der Waals surface area (Å²) in [7, 11) is 0. The average Bonchev–Trinajstić information content (AvgIpc) is 2.32. The monoisotopic (exact) mass is 226 g/mol. The van der Waals surface area contributed by atoms with E-state index in [-0.39, 0.29) is 5.91 Å². The Kier molecular flexibility index (Phi) is 3.10. The summed E-state index contributed by atoms with van der Waals surface area (Å²) in [4.78, 5) is 12.0. The standard InChI is InChI=1S/C14H14N2O/c1-10-5-4-6-11(9-10)14(17)16-13-8-3-2-7-12(13)15/h2-9H,15H2,1H3,(H,16,17).